The lowest BCUT2D eigenvalue weighted by Gasteiger charge is -2.28. The minimum Gasteiger partial charge on any atom is -0.488 e. The molecule has 2 unspecified atom stereocenters. The predicted molar refractivity (Wildman–Crippen MR) is 67.0 cm³/mol. The van der Waals surface area contributed by atoms with Gasteiger partial charge in [-0.3, -0.25) is 4.79 Å². The van der Waals surface area contributed by atoms with E-state index >= 15 is 0 Å². The first-order chi connectivity index (χ1) is 8.50. The van der Waals surface area contributed by atoms with Crippen LogP contribution in [0.2, 0.25) is 0 Å². The number of ether oxygens (including phenoxy) is 1. The molecule has 0 radical (unpaired) electrons. The molecule has 4 heteroatoms. The third-order valence-electron chi connectivity index (χ3n) is 3.37. The quantitative estimate of drug-likeness (QED) is 0.769. The maximum atomic E-state index is 12.8. The lowest BCUT2D eigenvalue weighted by atomic mass is 10.0. The van der Waals surface area contributed by atoms with Crippen LogP contribution in [0.5, 0.6) is 5.75 Å². The van der Waals surface area contributed by atoms with E-state index in [-0.39, 0.29) is 12.1 Å². The molecule has 0 spiro atoms. The van der Waals surface area contributed by atoms with Crippen molar-refractivity contribution in [1.82, 2.24) is 4.90 Å². The van der Waals surface area contributed by atoms with Crippen LogP contribution in [0, 0.1) is 0 Å². The van der Waals surface area contributed by atoms with Gasteiger partial charge in [0.05, 0.1) is 6.04 Å². The minimum absolute atomic E-state index is 0.143. The van der Waals surface area contributed by atoms with Gasteiger partial charge in [0.15, 0.2) is 5.83 Å². The first kappa shape index (κ1) is 12.6. The zero-order chi connectivity index (χ0) is 13.3. The number of hydrogen-bond acceptors (Lipinski definition) is 2. The van der Waals surface area contributed by atoms with Crippen LogP contribution in [0.15, 0.2) is 36.7 Å². The molecule has 1 aliphatic rings. The molecule has 3 nitrogen and oxygen atoms in total. The van der Waals surface area contributed by atoms with Gasteiger partial charge < -0.3 is 9.64 Å². The molecule has 1 aliphatic heterocycles. The number of carbonyl (C=O) groups excluding carboxylic acids is 1. The number of fused-ring (bicyclic) bond motifs is 1. The van der Waals surface area contributed by atoms with E-state index < -0.39 is 11.7 Å². The van der Waals surface area contributed by atoms with Gasteiger partial charge in [0.2, 0.25) is 0 Å². The molecule has 0 N–H and O–H groups in total. The largest absolute Gasteiger partial charge is 0.488 e. The van der Waals surface area contributed by atoms with Crippen molar-refractivity contribution in [3.05, 3.63) is 42.2 Å². The molecular weight excluding hydrogens is 233 g/mol. The van der Waals surface area contributed by atoms with E-state index in [1.807, 2.05) is 31.2 Å². The zero-order valence-electron chi connectivity index (χ0n) is 10.5. The Bertz CT molecular complexity index is 461. The number of benzene rings is 1. The summed E-state index contributed by atoms with van der Waals surface area (Å²) >= 11 is 0. The number of likely N-dealkylation sites (N-methyl/N-ethyl adjacent to an activating group) is 1. The van der Waals surface area contributed by atoms with Crippen LogP contribution in [0.1, 0.15) is 12.5 Å². The second-order valence-corrected chi connectivity index (χ2v) is 4.53. The third-order valence-corrected chi connectivity index (χ3v) is 3.37. The van der Waals surface area contributed by atoms with Crippen LogP contribution in [-0.4, -0.2) is 30.0 Å². The predicted octanol–water partition coefficient (Wildman–Crippen LogP) is 2.32. The zero-order valence-corrected chi connectivity index (χ0v) is 10.5. The summed E-state index contributed by atoms with van der Waals surface area (Å²) in [6.07, 6.45) is 0.587. The fraction of sp³-hybridized carbons (Fsp3) is 0.357. The van der Waals surface area contributed by atoms with Crippen molar-refractivity contribution in [2.75, 3.05) is 7.05 Å². The van der Waals surface area contributed by atoms with E-state index in [2.05, 4.69) is 6.58 Å². The van der Waals surface area contributed by atoms with Gasteiger partial charge in [0.1, 0.15) is 11.9 Å². The van der Waals surface area contributed by atoms with Crippen LogP contribution >= 0.6 is 0 Å². The summed E-state index contributed by atoms with van der Waals surface area (Å²) in [6.45, 7) is 4.87. The number of halogens is 1. The van der Waals surface area contributed by atoms with E-state index in [9.17, 15) is 9.18 Å². The third kappa shape index (κ3) is 2.23. The van der Waals surface area contributed by atoms with Crippen molar-refractivity contribution in [3.63, 3.8) is 0 Å². The molecule has 0 bridgehead atoms. The molecule has 1 aromatic carbocycles. The van der Waals surface area contributed by atoms with Gasteiger partial charge in [0, 0.05) is 13.5 Å². The molecule has 2 atom stereocenters. The highest BCUT2D eigenvalue weighted by atomic mass is 19.1. The molecule has 1 amide bonds. The Labute approximate surface area is 106 Å². The van der Waals surface area contributed by atoms with E-state index in [1.54, 1.807) is 7.05 Å². The average molecular weight is 249 g/mol. The maximum Gasteiger partial charge on any atom is 0.282 e. The lowest BCUT2D eigenvalue weighted by molar-refractivity contribution is -0.130. The Morgan fingerprint density at radius 3 is 2.83 bits per heavy atom. The Morgan fingerprint density at radius 1 is 1.56 bits per heavy atom. The summed E-state index contributed by atoms with van der Waals surface area (Å²) in [5, 5.41) is 0. The smallest absolute Gasteiger partial charge is 0.282 e. The van der Waals surface area contributed by atoms with Crippen molar-refractivity contribution in [1.29, 1.82) is 0 Å². The molecular formula is C14H16FNO2. The van der Waals surface area contributed by atoms with E-state index in [1.165, 1.54) is 4.90 Å². The van der Waals surface area contributed by atoms with Crippen molar-refractivity contribution < 1.29 is 13.9 Å². The van der Waals surface area contributed by atoms with Crippen molar-refractivity contribution in [3.8, 4) is 5.75 Å². The first-order valence-corrected chi connectivity index (χ1v) is 5.87. The van der Waals surface area contributed by atoms with E-state index in [4.69, 9.17) is 4.74 Å². The average Bonchev–Trinajstić information content (AvgIpc) is 2.79. The van der Waals surface area contributed by atoms with Crippen LogP contribution < -0.4 is 4.74 Å². The standard InChI is InChI=1S/C14H16FNO2/c1-9(15)14(17)16(3)10(2)13-8-11-6-4-5-7-12(11)18-13/h4-7,10,13H,1,8H2,2-3H3. The summed E-state index contributed by atoms with van der Waals surface area (Å²) in [5.74, 6) is -0.795. The lowest BCUT2D eigenvalue weighted by Crippen LogP contribution is -2.44. The molecule has 2 rings (SSSR count). The van der Waals surface area contributed by atoms with Crippen LogP contribution in [0.4, 0.5) is 4.39 Å². The van der Waals surface area contributed by atoms with E-state index in [0.717, 1.165) is 17.7 Å². The molecule has 0 fully saturated rings. The van der Waals surface area contributed by atoms with Gasteiger partial charge >= 0.3 is 0 Å². The van der Waals surface area contributed by atoms with Gasteiger partial charge in [-0.15, -0.1) is 0 Å². The summed E-state index contributed by atoms with van der Waals surface area (Å²) in [7, 11) is 1.56. The number of nitrogens with zero attached hydrogens (tertiary/aromatic N) is 1. The topological polar surface area (TPSA) is 29.5 Å². The monoisotopic (exact) mass is 249 g/mol. The molecule has 0 saturated heterocycles. The highest BCUT2D eigenvalue weighted by Crippen LogP contribution is 2.30. The molecule has 1 aromatic rings. The summed E-state index contributed by atoms with van der Waals surface area (Å²) < 4.78 is 18.6. The number of para-hydroxylation sites is 1. The molecule has 18 heavy (non-hydrogen) atoms. The SMILES string of the molecule is C=C(F)C(=O)N(C)C(C)C1Cc2ccccc2O1. The molecule has 0 aliphatic carbocycles. The van der Waals surface area contributed by atoms with Gasteiger partial charge in [-0.25, -0.2) is 4.39 Å². The fourth-order valence-electron chi connectivity index (χ4n) is 2.10. The van der Waals surface area contributed by atoms with Gasteiger partial charge in [-0.05, 0) is 18.6 Å². The van der Waals surface area contributed by atoms with Crippen molar-refractivity contribution in [2.24, 2.45) is 0 Å². The first-order valence-electron chi connectivity index (χ1n) is 5.87. The number of carbonyl (C=O) groups is 1. The van der Waals surface area contributed by atoms with Gasteiger partial charge in [0.25, 0.3) is 5.91 Å². The molecule has 0 aromatic heterocycles. The van der Waals surface area contributed by atoms with Gasteiger partial charge in [-0.2, -0.15) is 0 Å². The van der Waals surface area contributed by atoms with Crippen LogP contribution in [0.3, 0.4) is 0 Å². The van der Waals surface area contributed by atoms with Crippen LogP contribution in [0.25, 0.3) is 0 Å². The van der Waals surface area contributed by atoms with Crippen molar-refractivity contribution >= 4 is 5.91 Å². The summed E-state index contributed by atoms with van der Waals surface area (Å²) in [6, 6.07) is 7.55. The van der Waals surface area contributed by atoms with Crippen molar-refractivity contribution in [2.45, 2.75) is 25.5 Å². The molecule has 0 saturated carbocycles. The maximum absolute atomic E-state index is 12.8. The highest BCUT2D eigenvalue weighted by molar-refractivity contribution is 5.90. The van der Waals surface area contributed by atoms with Gasteiger partial charge in [-0.1, -0.05) is 24.8 Å². The van der Waals surface area contributed by atoms with E-state index in [0.29, 0.717) is 0 Å². The summed E-state index contributed by atoms with van der Waals surface area (Å²) in [4.78, 5) is 12.8. The Hall–Kier alpha value is -1.84. The molecule has 1 heterocycles. The highest BCUT2D eigenvalue weighted by Gasteiger charge is 2.32. The number of rotatable bonds is 3. The molecule has 96 valence electrons. The summed E-state index contributed by atoms with van der Waals surface area (Å²) in [5.41, 5.74) is 1.12. The fourth-order valence-corrected chi connectivity index (χ4v) is 2.10. The second-order valence-electron chi connectivity index (χ2n) is 4.53. The Balaban J connectivity index is 2.07. The number of amides is 1. The minimum atomic E-state index is -0.945. The Morgan fingerprint density at radius 2 is 2.22 bits per heavy atom. The second kappa shape index (κ2) is 4.80. The van der Waals surface area contributed by atoms with Crippen LogP contribution in [-0.2, 0) is 11.2 Å². The Kier molecular flexibility index (Phi) is 3.36. The normalized spacial score (nSPS) is 18.7. The number of hydrogen-bond donors (Lipinski definition) is 0.